The minimum atomic E-state index is 0.270. The van der Waals surface area contributed by atoms with Gasteiger partial charge >= 0.3 is 0 Å². The summed E-state index contributed by atoms with van der Waals surface area (Å²) in [7, 11) is 3.27. The van der Waals surface area contributed by atoms with E-state index in [0.717, 1.165) is 22.6 Å². The van der Waals surface area contributed by atoms with Gasteiger partial charge in [-0.3, -0.25) is 0 Å². The van der Waals surface area contributed by atoms with Crippen LogP contribution in [0.2, 0.25) is 0 Å². The highest BCUT2D eigenvalue weighted by Gasteiger charge is 2.07. The number of halogens is 1. The first-order valence-corrected chi connectivity index (χ1v) is 7.33. The van der Waals surface area contributed by atoms with Crippen LogP contribution < -0.4 is 14.8 Å². The summed E-state index contributed by atoms with van der Waals surface area (Å²) < 4.78 is 11.2. The third-order valence-corrected chi connectivity index (χ3v) is 3.84. The highest BCUT2D eigenvalue weighted by atomic mass is 79.9. The number of hydrogen-bond donors (Lipinski definition) is 2. The molecule has 112 valence electrons. The molecule has 0 aromatic heterocycles. The zero-order chi connectivity index (χ0) is 15.2. The van der Waals surface area contributed by atoms with Gasteiger partial charge in [-0.05, 0) is 28.1 Å². The van der Waals surface area contributed by atoms with Gasteiger partial charge in [0.2, 0.25) is 0 Å². The van der Waals surface area contributed by atoms with Crippen molar-refractivity contribution in [3.8, 4) is 17.2 Å². The van der Waals surface area contributed by atoms with Crippen molar-refractivity contribution < 1.29 is 14.6 Å². The summed E-state index contributed by atoms with van der Waals surface area (Å²) in [5.74, 6) is 1.81. The van der Waals surface area contributed by atoms with Crippen LogP contribution in [0.4, 0.5) is 0 Å². The Morgan fingerprint density at radius 2 is 1.81 bits per heavy atom. The molecule has 0 atom stereocenters. The highest BCUT2D eigenvalue weighted by molar-refractivity contribution is 9.10. The summed E-state index contributed by atoms with van der Waals surface area (Å²) in [6.07, 6.45) is 0. The summed E-state index contributed by atoms with van der Waals surface area (Å²) in [6.45, 7) is 1.21. The Bertz CT molecular complexity index is 616. The molecule has 2 rings (SSSR count). The third kappa shape index (κ3) is 3.89. The van der Waals surface area contributed by atoms with Crippen molar-refractivity contribution in [3.05, 3.63) is 52.0 Å². The van der Waals surface area contributed by atoms with E-state index in [1.165, 1.54) is 0 Å². The molecule has 0 radical (unpaired) electrons. The molecule has 0 aliphatic carbocycles. The van der Waals surface area contributed by atoms with Gasteiger partial charge < -0.3 is 19.9 Å². The van der Waals surface area contributed by atoms with Gasteiger partial charge in [0.05, 0.1) is 18.7 Å². The van der Waals surface area contributed by atoms with E-state index in [-0.39, 0.29) is 5.75 Å². The maximum absolute atomic E-state index is 9.94. The molecular formula is C16H18BrNO3. The normalized spacial score (nSPS) is 10.4. The fraction of sp³-hybridized carbons (Fsp3) is 0.250. The average Bonchev–Trinajstić information content (AvgIpc) is 2.51. The Morgan fingerprint density at radius 3 is 2.52 bits per heavy atom. The van der Waals surface area contributed by atoms with Crippen LogP contribution in [0.5, 0.6) is 17.2 Å². The molecule has 0 unspecified atom stereocenters. The summed E-state index contributed by atoms with van der Waals surface area (Å²) in [4.78, 5) is 0. The summed E-state index contributed by atoms with van der Waals surface area (Å²) in [5.41, 5.74) is 1.88. The second kappa shape index (κ2) is 7.33. The lowest BCUT2D eigenvalue weighted by atomic mass is 10.1. The monoisotopic (exact) mass is 351 g/mol. The van der Waals surface area contributed by atoms with Crippen LogP contribution in [0.25, 0.3) is 0 Å². The van der Waals surface area contributed by atoms with Gasteiger partial charge in [-0.25, -0.2) is 0 Å². The molecule has 0 aliphatic rings. The number of benzene rings is 2. The van der Waals surface area contributed by atoms with Gasteiger partial charge in [-0.1, -0.05) is 18.2 Å². The van der Waals surface area contributed by atoms with Crippen molar-refractivity contribution in [1.29, 1.82) is 0 Å². The number of nitrogens with one attached hydrogen (secondary N) is 1. The van der Waals surface area contributed by atoms with Gasteiger partial charge in [0.25, 0.3) is 0 Å². The first kappa shape index (κ1) is 15.7. The maximum atomic E-state index is 9.94. The smallest absolute Gasteiger partial charge is 0.134 e. The van der Waals surface area contributed by atoms with E-state index in [2.05, 4.69) is 21.2 Å². The zero-order valence-electron chi connectivity index (χ0n) is 12.0. The quantitative estimate of drug-likeness (QED) is 0.836. The Morgan fingerprint density at radius 1 is 1.05 bits per heavy atom. The first-order chi connectivity index (χ1) is 10.2. The van der Waals surface area contributed by atoms with Crippen LogP contribution in [0.15, 0.2) is 40.9 Å². The number of rotatable bonds is 6. The third-order valence-electron chi connectivity index (χ3n) is 3.20. The molecule has 0 spiro atoms. The van der Waals surface area contributed by atoms with E-state index >= 15 is 0 Å². The lowest BCUT2D eigenvalue weighted by molar-refractivity contribution is 0.389. The number of aromatic hydroxyl groups is 1. The lowest BCUT2D eigenvalue weighted by Crippen LogP contribution is -2.13. The minimum absolute atomic E-state index is 0.270. The van der Waals surface area contributed by atoms with E-state index < -0.39 is 0 Å². The average molecular weight is 352 g/mol. The second-order valence-corrected chi connectivity index (χ2v) is 5.38. The number of phenols is 1. The molecular weight excluding hydrogens is 334 g/mol. The standard InChI is InChI=1S/C16H18BrNO3/c1-20-13-7-6-11(15(8-13)21-2)9-18-10-12-4-3-5-14(17)16(12)19/h3-8,18-19H,9-10H2,1-2H3. The van der Waals surface area contributed by atoms with E-state index in [4.69, 9.17) is 9.47 Å². The summed E-state index contributed by atoms with van der Waals surface area (Å²) >= 11 is 3.31. The van der Waals surface area contributed by atoms with E-state index in [9.17, 15) is 5.11 Å². The van der Waals surface area contributed by atoms with Crippen molar-refractivity contribution in [2.45, 2.75) is 13.1 Å². The van der Waals surface area contributed by atoms with Gasteiger partial charge in [0.1, 0.15) is 17.2 Å². The Labute approximate surface area is 132 Å². The number of hydrogen-bond acceptors (Lipinski definition) is 4. The summed E-state index contributed by atoms with van der Waals surface area (Å²) in [5, 5.41) is 13.2. The molecule has 4 nitrogen and oxygen atoms in total. The van der Waals surface area contributed by atoms with Crippen molar-refractivity contribution in [1.82, 2.24) is 5.32 Å². The fourth-order valence-electron chi connectivity index (χ4n) is 2.03. The van der Waals surface area contributed by atoms with Crippen LogP contribution in [0, 0.1) is 0 Å². The molecule has 0 heterocycles. The van der Waals surface area contributed by atoms with Crippen LogP contribution >= 0.6 is 15.9 Å². The summed E-state index contributed by atoms with van der Waals surface area (Å²) in [6, 6.07) is 11.3. The maximum Gasteiger partial charge on any atom is 0.134 e. The molecule has 21 heavy (non-hydrogen) atoms. The first-order valence-electron chi connectivity index (χ1n) is 6.53. The van der Waals surface area contributed by atoms with Crippen molar-refractivity contribution in [2.75, 3.05) is 14.2 Å². The number of phenolic OH excluding ortho intramolecular Hbond substituents is 1. The SMILES string of the molecule is COc1ccc(CNCc2cccc(Br)c2O)c(OC)c1. The predicted molar refractivity (Wildman–Crippen MR) is 85.9 cm³/mol. The van der Waals surface area contributed by atoms with Gasteiger partial charge in [-0.2, -0.15) is 0 Å². The Balaban J connectivity index is 2.02. The molecule has 0 fully saturated rings. The van der Waals surface area contributed by atoms with Crippen LogP contribution in [-0.4, -0.2) is 19.3 Å². The Hall–Kier alpha value is -1.72. The second-order valence-electron chi connectivity index (χ2n) is 4.53. The van der Waals surface area contributed by atoms with Crippen molar-refractivity contribution >= 4 is 15.9 Å². The lowest BCUT2D eigenvalue weighted by Gasteiger charge is -2.12. The molecule has 0 bridgehead atoms. The molecule has 2 aromatic rings. The van der Waals surface area contributed by atoms with E-state index in [1.807, 2.05) is 36.4 Å². The molecule has 2 aromatic carbocycles. The van der Waals surface area contributed by atoms with Crippen LogP contribution in [-0.2, 0) is 13.1 Å². The number of methoxy groups -OCH3 is 2. The number of para-hydroxylation sites is 1. The molecule has 0 saturated carbocycles. The fourth-order valence-corrected chi connectivity index (χ4v) is 2.44. The van der Waals surface area contributed by atoms with E-state index in [1.54, 1.807) is 14.2 Å². The zero-order valence-corrected chi connectivity index (χ0v) is 13.6. The van der Waals surface area contributed by atoms with E-state index in [0.29, 0.717) is 17.6 Å². The molecule has 0 amide bonds. The van der Waals surface area contributed by atoms with Crippen LogP contribution in [0.3, 0.4) is 0 Å². The highest BCUT2D eigenvalue weighted by Crippen LogP contribution is 2.28. The largest absolute Gasteiger partial charge is 0.506 e. The Kier molecular flexibility index (Phi) is 5.47. The minimum Gasteiger partial charge on any atom is -0.506 e. The van der Waals surface area contributed by atoms with Gasteiger partial charge in [-0.15, -0.1) is 0 Å². The molecule has 5 heteroatoms. The number of ether oxygens (including phenoxy) is 2. The van der Waals surface area contributed by atoms with Gasteiger partial charge in [0, 0.05) is 30.3 Å². The molecule has 0 saturated heterocycles. The molecule has 2 N–H and O–H groups in total. The topological polar surface area (TPSA) is 50.7 Å². The molecule has 0 aliphatic heterocycles. The van der Waals surface area contributed by atoms with Gasteiger partial charge in [0.15, 0.2) is 0 Å². The predicted octanol–water partition coefficient (Wildman–Crippen LogP) is 3.46. The van der Waals surface area contributed by atoms with Crippen LogP contribution in [0.1, 0.15) is 11.1 Å². The van der Waals surface area contributed by atoms with Crippen molar-refractivity contribution in [3.63, 3.8) is 0 Å². The van der Waals surface area contributed by atoms with Crippen molar-refractivity contribution in [2.24, 2.45) is 0 Å².